The van der Waals surface area contributed by atoms with Crippen LogP contribution < -0.4 is 15.4 Å². The Kier molecular flexibility index (Phi) is 4.86. The van der Waals surface area contributed by atoms with E-state index >= 15 is 0 Å². The summed E-state index contributed by atoms with van der Waals surface area (Å²) in [6, 6.07) is 12.7. The molecule has 2 N–H and O–H groups in total. The zero-order chi connectivity index (χ0) is 15.4. The molecule has 3 nitrogen and oxygen atoms in total. The normalized spacial score (nSPS) is 10.5. The summed E-state index contributed by atoms with van der Waals surface area (Å²) in [6.07, 6.45) is 0. The van der Waals surface area contributed by atoms with E-state index in [1.165, 1.54) is 16.8 Å². The lowest BCUT2D eigenvalue weighted by Crippen LogP contribution is -2.18. The van der Waals surface area contributed by atoms with Crippen molar-refractivity contribution in [3.05, 3.63) is 58.7 Å². The Morgan fingerprint density at radius 1 is 1.10 bits per heavy atom. The van der Waals surface area contributed by atoms with Crippen LogP contribution in [-0.4, -0.2) is 14.2 Å². The highest BCUT2D eigenvalue weighted by Gasteiger charge is 2.10. The summed E-state index contributed by atoms with van der Waals surface area (Å²) in [5.41, 5.74) is 11.8. The van der Waals surface area contributed by atoms with Gasteiger partial charge in [0.15, 0.2) is 0 Å². The Morgan fingerprint density at radius 2 is 1.86 bits per heavy atom. The summed E-state index contributed by atoms with van der Waals surface area (Å²) in [7, 11) is 3.81. The number of anilines is 1. The van der Waals surface area contributed by atoms with Crippen LogP contribution in [0.25, 0.3) is 0 Å². The molecule has 0 aliphatic rings. The van der Waals surface area contributed by atoms with Crippen LogP contribution in [0.1, 0.15) is 22.3 Å². The minimum atomic E-state index is 0.546. The molecule has 2 rings (SSSR count). The molecule has 112 valence electrons. The Hall–Kier alpha value is -2.00. The second-order valence-corrected chi connectivity index (χ2v) is 5.50. The zero-order valence-corrected chi connectivity index (χ0v) is 13.3. The van der Waals surface area contributed by atoms with Gasteiger partial charge in [-0.1, -0.05) is 23.8 Å². The van der Waals surface area contributed by atoms with Gasteiger partial charge in [0.05, 0.1) is 7.11 Å². The Morgan fingerprint density at radius 3 is 2.48 bits per heavy atom. The van der Waals surface area contributed by atoms with Gasteiger partial charge in [0.25, 0.3) is 0 Å². The van der Waals surface area contributed by atoms with Gasteiger partial charge in [-0.15, -0.1) is 0 Å². The quantitative estimate of drug-likeness (QED) is 0.914. The fourth-order valence-corrected chi connectivity index (χ4v) is 2.66. The number of aryl methyl sites for hydroxylation is 2. The third-order valence-electron chi connectivity index (χ3n) is 3.75. The fourth-order valence-electron chi connectivity index (χ4n) is 2.66. The number of hydrogen-bond acceptors (Lipinski definition) is 3. The molecule has 0 amide bonds. The standard InChI is InChI=1S/C18H24N2O/c1-13-5-7-17(14(2)9-13)20(3)12-16-10-15(11-19)6-8-18(16)21-4/h5-10H,11-12,19H2,1-4H3. The maximum Gasteiger partial charge on any atom is 0.123 e. The summed E-state index contributed by atoms with van der Waals surface area (Å²) < 4.78 is 5.46. The highest BCUT2D eigenvalue weighted by atomic mass is 16.5. The summed E-state index contributed by atoms with van der Waals surface area (Å²) in [4.78, 5) is 2.24. The maximum atomic E-state index is 5.74. The fraction of sp³-hybridized carbons (Fsp3) is 0.333. The highest BCUT2D eigenvalue weighted by Crippen LogP contribution is 2.26. The first-order valence-electron chi connectivity index (χ1n) is 7.19. The zero-order valence-electron chi connectivity index (χ0n) is 13.3. The van der Waals surface area contributed by atoms with Gasteiger partial charge in [-0.3, -0.25) is 0 Å². The van der Waals surface area contributed by atoms with Crippen LogP contribution in [0, 0.1) is 13.8 Å². The van der Waals surface area contributed by atoms with E-state index in [2.05, 4.69) is 50.1 Å². The average Bonchev–Trinajstić information content (AvgIpc) is 2.46. The first-order chi connectivity index (χ1) is 10.0. The van der Waals surface area contributed by atoms with Crippen molar-refractivity contribution in [2.45, 2.75) is 26.9 Å². The van der Waals surface area contributed by atoms with Crippen molar-refractivity contribution in [3.63, 3.8) is 0 Å². The number of nitrogens with two attached hydrogens (primary N) is 1. The molecule has 0 atom stereocenters. The van der Waals surface area contributed by atoms with Gasteiger partial charge in [0, 0.05) is 31.4 Å². The van der Waals surface area contributed by atoms with Gasteiger partial charge in [-0.05, 0) is 43.2 Å². The van der Waals surface area contributed by atoms with E-state index in [1.807, 2.05) is 12.1 Å². The smallest absolute Gasteiger partial charge is 0.123 e. The van der Waals surface area contributed by atoms with Crippen LogP contribution in [0.3, 0.4) is 0 Å². The van der Waals surface area contributed by atoms with Crippen molar-refractivity contribution in [3.8, 4) is 5.75 Å². The Labute approximate surface area is 127 Å². The van der Waals surface area contributed by atoms with E-state index < -0.39 is 0 Å². The molecule has 0 saturated carbocycles. The minimum absolute atomic E-state index is 0.546. The Bertz CT molecular complexity index is 623. The maximum absolute atomic E-state index is 5.74. The van der Waals surface area contributed by atoms with Crippen LogP contribution in [0.15, 0.2) is 36.4 Å². The first-order valence-corrected chi connectivity index (χ1v) is 7.19. The van der Waals surface area contributed by atoms with E-state index in [0.29, 0.717) is 6.54 Å². The average molecular weight is 284 g/mol. The third-order valence-corrected chi connectivity index (χ3v) is 3.75. The molecule has 3 heteroatoms. The molecule has 0 radical (unpaired) electrons. The van der Waals surface area contributed by atoms with Crippen molar-refractivity contribution in [1.82, 2.24) is 0 Å². The summed E-state index contributed by atoms with van der Waals surface area (Å²) in [5.74, 6) is 0.906. The van der Waals surface area contributed by atoms with Crippen molar-refractivity contribution in [2.24, 2.45) is 5.73 Å². The highest BCUT2D eigenvalue weighted by molar-refractivity contribution is 5.55. The summed E-state index contributed by atoms with van der Waals surface area (Å²) in [6.45, 7) is 5.60. The molecule has 0 aliphatic heterocycles. The molecule has 2 aromatic rings. The lowest BCUT2D eigenvalue weighted by molar-refractivity contribution is 0.409. The number of nitrogens with zero attached hydrogens (tertiary/aromatic N) is 1. The van der Waals surface area contributed by atoms with Crippen LogP contribution in [0.4, 0.5) is 5.69 Å². The van der Waals surface area contributed by atoms with Crippen LogP contribution in [0.2, 0.25) is 0 Å². The topological polar surface area (TPSA) is 38.5 Å². The lowest BCUT2D eigenvalue weighted by atomic mass is 10.1. The second-order valence-electron chi connectivity index (χ2n) is 5.50. The van der Waals surface area contributed by atoms with E-state index in [9.17, 15) is 0 Å². The number of methoxy groups -OCH3 is 1. The number of benzene rings is 2. The van der Waals surface area contributed by atoms with Crippen molar-refractivity contribution in [1.29, 1.82) is 0 Å². The molecule has 0 unspecified atom stereocenters. The summed E-state index contributed by atoms with van der Waals surface area (Å²) >= 11 is 0. The molecule has 0 saturated heterocycles. The minimum Gasteiger partial charge on any atom is -0.496 e. The number of hydrogen-bond donors (Lipinski definition) is 1. The van der Waals surface area contributed by atoms with Gasteiger partial charge in [0.2, 0.25) is 0 Å². The van der Waals surface area contributed by atoms with E-state index in [4.69, 9.17) is 10.5 Å². The summed E-state index contributed by atoms with van der Waals surface area (Å²) in [5, 5.41) is 0. The monoisotopic (exact) mass is 284 g/mol. The first kappa shape index (κ1) is 15.4. The molecule has 0 aliphatic carbocycles. The van der Waals surface area contributed by atoms with E-state index in [0.717, 1.165) is 23.4 Å². The van der Waals surface area contributed by atoms with Gasteiger partial charge in [-0.25, -0.2) is 0 Å². The predicted molar refractivity (Wildman–Crippen MR) is 88.9 cm³/mol. The largest absolute Gasteiger partial charge is 0.496 e. The second kappa shape index (κ2) is 6.64. The van der Waals surface area contributed by atoms with Gasteiger partial charge < -0.3 is 15.4 Å². The van der Waals surface area contributed by atoms with Crippen LogP contribution >= 0.6 is 0 Å². The molecule has 2 aromatic carbocycles. The van der Waals surface area contributed by atoms with Crippen LogP contribution in [-0.2, 0) is 13.1 Å². The van der Waals surface area contributed by atoms with E-state index in [1.54, 1.807) is 7.11 Å². The van der Waals surface area contributed by atoms with E-state index in [-0.39, 0.29) is 0 Å². The van der Waals surface area contributed by atoms with Gasteiger partial charge in [0.1, 0.15) is 5.75 Å². The molecule has 0 heterocycles. The predicted octanol–water partition coefficient (Wildman–Crippen LogP) is 3.41. The van der Waals surface area contributed by atoms with Crippen molar-refractivity contribution in [2.75, 3.05) is 19.1 Å². The lowest BCUT2D eigenvalue weighted by Gasteiger charge is -2.23. The number of ether oxygens (including phenoxy) is 1. The molecule has 0 fully saturated rings. The molecule has 0 aromatic heterocycles. The molecular weight excluding hydrogens is 260 g/mol. The van der Waals surface area contributed by atoms with Crippen molar-refractivity contribution >= 4 is 5.69 Å². The molecule has 21 heavy (non-hydrogen) atoms. The van der Waals surface area contributed by atoms with Gasteiger partial charge >= 0.3 is 0 Å². The van der Waals surface area contributed by atoms with Crippen molar-refractivity contribution < 1.29 is 4.74 Å². The van der Waals surface area contributed by atoms with Crippen LogP contribution in [0.5, 0.6) is 5.75 Å². The molecular formula is C18H24N2O. The molecule has 0 bridgehead atoms. The molecule has 0 spiro atoms. The number of rotatable bonds is 5. The Balaban J connectivity index is 2.28. The third kappa shape index (κ3) is 3.56. The van der Waals surface area contributed by atoms with Gasteiger partial charge in [-0.2, -0.15) is 0 Å². The SMILES string of the molecule is COc1ccc(CN)cc1CN(C)c1ccc(C)cc1C.